The molecule has 7 N–H and O–H groups in total. The van der Waals surface area contributed by atoms with Gasteiger partial charge < -0.3 is 29.6 Å². The highest BCUT2D eigenvalue weighted by Crippen LogP contribution is 2.42. The van der Waals surface area contributed by atoms with Crippen molar-refractivity contribution in [2.45, 2.75) is 51.2 Å². The Morgan fingerprint density at radius 1 is 0.642 bits per heavy atom. The number of nitrogens with zero attached hydrogens (tertiary/aromatic N) is 3. The first-order chi connectivity index (χ1) is 32.6. The van der Waals surface area contributed by atoms with E-state index >= 15 is 0 Å². The van der Waals surface area contributed by atoms with Crippen LogP contribution in [-0.4, -0.2) is 54.8 Å². The molecule has 1 saturated carbocycles. The Morgan fingerprint density at radius 3 is 1.96 bits per heavy atom. The monoisotopic (exact) mass is 900 g/mol. The number of nitrogens with one attached hydrogen (secondary N) is 5. The Morgan fingerprint density at radius 2 is 1.27 bits per heavy atom. The molecule has 1 aliphatic rings. The van der Waals surface area contributed by atoms with Gasteiger partial charge >= 0.3 is 0 Å². The van der Waals surface area contributed by atoms with E-state index in [-0.39, 0.29) is 53.3 Å². The standard InChI is InChI=1S/C50H44N8O9/c59-46(53-36-9-4-7-34(23-36)44-25-41(57-67-44)50(63)52-27-30-16-20-32(21-17-30)48(61)55-65)35-8-3-6-33(22-35)38-11-5-13-43-45(38)39-10-1-2-12-42(39)58(43)28-37-24-40(56-66-37)49(62)51-26-29-14-18-31(19-15-29)47(60)54-64/h1-2,4-5,7,9-21,23-25,33,35,64-65H,3,6,8,22,26-28H2,(H,51,62)(H,52,63)(H,53,59)(H,54,60)(H,55,61). The zero-order valence-corrected chi connectivity index (χ0v) is 35.8. The highest BCUT2D eigenvalue weighted by molar-refractivity contribution is 6.10. The summed E-state index contributed by atoms with van der Waals surface area (Å²) in [4.78, 5) is 63.1. The molecule has 2 atom stereocenters. The van der Waals surface area contributed by atoms with E-state index in [4.69, 9.17) is 19.5 Å². The third kappa shape index (κ3) is 9.54. The molecule has 9 rings (SSSR count). The highest BCUT2D eigenvalue weighted by Gasteiger charge is 2.30. The van der Waals surface area contributed by atoms with Gasteiger partial charge in [0.05, 0.1) is 6.54 Å². The quantitative estimate of drug-likeness (QED) is 0.0416. The maximum Gasteiger partial charge on any atom is 0.274 e. The molecular formula is C50H44N8O9. The van der Waals surface area contributed by atoms with Gasteiger partial charge in [-0.05, 0) is 90.4 Å². The van der Waals surface area contributed by atoms with Gasteiger partial charge in [-0.3, -0.25) is 34.4 Å². The first kappa shape index (κ1) is 43.8. The molecule has 5 aromatic carbocycles. The molecule has 1 fully saturated rings. The summed E-state index contributed by atoms with van der Waals surface area (Å²) in [6.45, 7) is 0.696. The van der Waals surface area contributed by atoms with E-state index in [1.165, 1.54) is 23.8 Å². The number of hydrogen-bond acceptors (Lipinski definition) is 11. The third-order valence-corrected chi connectivity index (χ3v) is 12.1. The van der Waals surface area contributed by atoms with E-state index in [1.54, 1.807) is 65.6 Å². The molecule has 1 aliphatic carbocycles. The Balaban J connectivity index is 0.849. The number of carbonyl (C=O) groups is 5. The molecule has 17 nitrogen and oxygen atoms in total. The highest BCUT2D eigenvalue weighted by atomic mass is 16.5. The Labute approximate surface area is 382 Å². The number of fused-ring (bicyclic) bond motifs is 3. The summed E-state index contributed by atoms with van der Waals surface area (Å²) < 4.78 is 13.4. The minimum absolute atomic E-state index is 0.0748. The number of para-hydroxylation sites is 1. The summed E-state index contributed by atoms with van der Waals surface area (Å²) in [6.07, 6.45) is 3.22. The maximum atomic E-state index is 13.9. The Hall–Kier alpha value is -8.41. The average molecular weight is 901 g/mol. The van der Waals surface area contributed by atoms with E-state index in [0.717, 1.165) is 52.2 Å². The predicted octanol–water partition coefficient (Wildman–Crippen LogP) is 7.50. The van der Waals surface area contributed by atoms with Crippen molar-refractivity contribution in [3.05, 3.63) is 172 Å². The third-order valence-electron chi connectivity index (χ3n) is 12.1. The predicted molar refractivity (Wildman–Crippen MR) is 244 cm³/mol. The lowest BCUT2D eigenvalue weighted by molar-refractivity contribution is -0.120. The smallest absolute Gasteiger partial charge is 0.274 e. The van der Waals surface area contributed by atoms with Crippen molar-refractivity contribution in [1.29, 1.82) is 0 Å². The second kappa shape index (κ2) is 19.4. The molecule has 3 aromatic heterocycles. The Bertz CT molecular complexity index is 3140. The van der Waals surface area contributed by atoms with Crippen LogP contribution >= 0.6 is 0 Å². The van der Waals surface area contributed by atoms with Gasteiger partial charge in [-0.2, -0.15) is 0 Å². The molecule has 0 spiro atoms. The fraction of sp³-hybridized carbons (Fsp3) is 0.180. The fourth-order valence-electron chi connectivity index (χ4n) is 8.73. The summed E-state index contributed by atoms with van der Waals surface area (Å²) in [7, 11) is 0. The van der Waals surface area contributed by atoms with E-state index < -0.39 is 23.6 Å². The summed E-state index contributed by atoms with van der Waals surface area (Å²) in [5.41, 5.74) is 9.82. The van der Waals surface area contributed by atoms with Crippen LogP contribution in [0.2, 0.25) is 0 Å². The number of rotatable bonds is 14. The summed E-state index contributed by atoms with van der Waals surface area (Å²) in [5.74, 6) is -1.47. The average Bonchev–Trinajstić information content (AvgIpc) is 4.14. The van der Waals surface area contributed by atoms with Crippen molar-refractivity contribution in [3.8, 4) is 11.3 Å². The first-order valence-corrected chi connectivity index (χ1v) is 21.6. The van der Waals surface area contributed by atoms with Crippen molar-refractivity contribution in [2.75, 3.05) is 5.32 Å². The molecule has 0 saturated heterocycles. The number of amides is 5. The van der Waals surface area contributed by atoms with Gasteiger partial charge in [0.1, 0.15) is 0 Å². The van der Waals surface area contributed by atoms with Gasteiger partial charge in [0, 0.05) is 75.3 Å². The second-order valence-electron chi connectivity index (χ2n) is 16.4. The number of anilines is 1. The Kier molecular flexibility index (Phi) is 12.7. The largest absolute Gasteiger partial charge is 0.359 e. The molecule has 17 heteroatoms. The van der Waals surface area contributed by atoms with E-state index in [9.17, 15) is 24.0 Å². The summed E-state index contributed by atoms with van der Waals surface area (Å²) in [6, 6.07) is 37.7. The normalized spacial score (nSPS) is 14.7. The van der Waals surface area contributed by atoms with Crippen molar-refractivity contribution in [1.82, 2.24) is 36.5 Å². The summed E-state index contributed by atoms with van der Waals surface area (Å²) >= 11 is 0. The van der Waals surface area contributed by atoms with Crippen molar-refractivity contribution in [3.63, 3.8) is 0 Å². The maximum absolute atomic E-state index is 13.9. The zero-order chi connectivity index (χ0) is 46.4. The topological polar surface area (TPSA) is 243 Å². The molecule has 3 heterocycles. The molecule has 0 aliphatic heterocycles. The number of hydroxylamine groups is 2. The minimum atomic E-state index is -0.634. The van der Waals surface area contributed by atoms with Crippen LogP contribution in [0.3, 0.4) is 0 Å². The van der Waals surface area contributed by atoms with E-state index in [1.807, 2.05) is 30.3 Å². The fourth-order valence-corrected chi connectivity index (χ4v) is 8.73. The molecule has 5 amide bonds. The molecule has 2 unspecified atom stereocenters. The van der Waals surface area contributed by atoms with Crippen molar-refractivity contribution >= 4 is 57.0 Å². The molecular weight excluding hydrogens is 857 g/mol. The van der Waals surface area contributed by atoms with E-state index in [2.05, 4.69) is 55.1 Å². The van der Waals surface area contributed by atoms with Gasteiger partial charge in [0.15, 0.2) is 22.9 Å². The van der Waals surface area contributed by atoms with Gasteiger partial charge in [-0.1, -0.05) is 83.5 Å². The lowest BCUT2D eigenvalue weighted by Crippen LogP contribution is -2.27. The molecule has 338 valence electrons. The SMILES string of the molecule is O=C(NO)c1ccc(CNC(=O)c2cc(Cn3c4ccccc4c4c(C5CCCC(C(=O)Nc6cccc(-c7cc(C(=O)NCc8ccc(C(=O)NO)cc8)no7)c6)C5)cccc43)on2)cc1. The minimum Gasteiger partial charge on any atom is -0.359 e. The number of benzene rings is 5. The lowest BCUT2D eigenvalue weighted by Gasteiger charge is -2.29. The van der Waals surface area contributed by atoms with Gasteiger partial charge in [-0.15, -0.1) is 0 Å². The zero-order valence-electron chi connectivity index (χ0n) is 35.8. The van der Waals surface area contributed by atoms with Gasteiger partial charge in [-0.25, -0.2) is 11.0 Å². The molecule has 67 heavy (non-hydrogen) atoms. The lowest BCUT2D eigenvalue weighted by atomic mass is 9.76. The van der Waals surface area contributed by atoms with Crippen LogP contribution in [-0.2, 0) is 24.4 Å². The van der Waals surface area contributed by atoms with Crippen molar-refractivity contribution < 1.29 is 43.4 Å². The van der Waals surface area contributed by atoms with Crippen LogP contribution in [0, 0.1) is 5.92 Å². The van der Waals surface area contributed by atoms with E-state index in [0.29, 0.717) is 35.7 Å². The van der Waals surface area contributed by atoms with Crippen molar-refractivity contribution in [2.24, 2.45) is 5.92 Å². The van der Waals surface area contributed by atoms with Crippen LogP contribution in [0.5, 0.6) is 0 Å². The number of aromatic nitrogens is 3. The second-order valence-corrected chi connectivity index (χ2v) is 16.4. The van der Waals surface area contributed by atoms with Crippen LogP contribution in [0.4, 0.5) is 5.69 Å². The van der Waals surface area contributed by atoms with Gasteiger partial charge in [0.25, 0.3) is 23.6 Å². The molecule has 0 radical (unpaired) electrons. The van der Waals surface area contributed by atoms with Gasteiger partial charge in [0.2, 0.25) is 5.91 Å². The molecule has 8 aromatic rings. The number of hydrogen-bond donors (Lipinski definition) is 7. The van der Waals surface area contributed by atoms with Crippen LogP contribution in [0.25, 0.3) is 33.1 Å². The molecule has 0 bridgehead atoms. The van der Waals surface area contributed by atoms with Crippen LogP contribution in [0.15, 0.2) is 136 Å². The summed E-state index contributed by atoms with van der Waals surface area (Å²) in [5, 5.41) is 36.6. The van der Waals surface area contributed by atoms with Crippen LogP contribution < -0.4 is 26.9 Å². The number of carbonyl (C=O) groups excluding carboxylic acids is 5. The first-order valence-electron chi connectivity index (χ1n) is 21.6. The van der Waals surface area contributed by atoms with Crippen LogP contribution in [0.1, 0.15) is 95.7 Å².